The summed E-state index contributed by atoms with van der Waals surface area (Å²) in [5, 5.41) is 13.9. The summed E-state index contributed by atoms with van der Waals surface area (Å²) in [7, 11) is 2.15. The molecule has 0 aliphatic rings. The van der Waals surface area contributed by atoms with Crippen LogP contribution in [0.25, 0.3) is 64.8 Å². The van der Waals surface area contributed by atoms with E-state index >= 15 is 0 Å². The van der Waals surface area contributed by atoms with Crippen LogP contribution in [-0.2, 0) is 7.05 Å². The minimum Gasteiger partial charge on any atom is -0.200 e. The molecule has 0 unspecified atom stereocenters. The molecule has 0 fully saturated rings. The predicted octanol–water partition coefficient (Wildman–Crippen LogP) is 8.30. The average molecular weight is 435 g/mol. The average Bonchev–Trinajstić information content (AvgIpc) is 2.87. The first-order chi connectivity index (χ1) is 16.7. The highest BCUT2D eigenvalue weighted by atomic mass is 14.9. The van der Waals surface area contributed by atoms with E-state index in [1.54, 1.807) is 0 Å². The fourth-order valence-electron chi connectivity index (χ4n) is 5.53. The molecule has 160 valence electrons. The number of hydrogen-bond acceptors (Lipinski definition) is 0. The molecule has 8 bridgehead atoms. The lowest BCUT2D eigenvalue weighted by atomic mass is 9.98. The van der Waals surface area contributed by atoms with Crippen molar-refractivity contribution in [3.8, 4) is 0 Å². The van der Waals surface area contributed by atoms with E-state index in [9.17, 15) is 0 Å². The Morgan fingerprint density at radius 2 is 1.00 bits per heavy atom. The van der Waals surface area contributed by atoms with Crippen molar-refractivity contribution in [3.05, 3.63) is 115 Å². The molecule has 0 aliphatic heterocycles. The second-order valence-corrected chi connectivity index (χ2v) is 9.43. The molecule has 0 saturated heterocycles. The van der Waals surface area contributed by atoms with Gasteiger partial charge in [-0.05, 0) is 79.8 Å². The molecule has 34 heavy (non-hydrogen) atoms. The van der Waals surface area contributed by atoms with Gasteiger partial charge in [0.25, 0.3) is 0 Å². The Bertz CT molecular complexity index is 1980. The molecular formula is C33H24N+. The monoisotopic (exact) mass is 434 g/mol. The minimum absolute atomic E-state index is 1.23. The molecule has 7 rings (SSSR count). The summed E-state index contributed by atoms with van der Waals surface area (Å²) in [5.41, 5.74) is 2.51. The number of fused-ring (bicyclic) bond motifs is 10. The number of hydrogen-bond donors (Lipinski definition) is 0. The van der Waals surface area contributed by atoms with Crippen molar-refractivity contribution in [1.82, 2.24) is 0 Å². The molecule has 0 saturated carbocycles. The first kappa shape index (κ1) is 19.3. The highest BCUT2D eigenvalue weighted by Crippen LogP contribution is 2.31. The van der Waals surface area contributed by atoms with Crippen molar-refractivity contribution < 1.29 is 4.57 Å². The third kappa shape index (κ3) is 2.84. The lowest BCUT2D eigenvalue weighted by Gasteiger charge is -2.07. The normalized spacial score (nSPS) is 11.8. The summed E-state index contributed by atoms with van der Waals surface area (Å²) < 4.78 is 2.27. The van der Waals surface area contributed by atoms with Gasteiger partial charge in [-0.2, -0.15) is 0 Å². The number of pyridine rings is 1. The summed E-state index contributed by atoms with van der Waals surface area (Å²) in [4.78, 5) is 0. The first-order valence-electron chi connectivity index (χ1n) is 11.8. The van der Waals surface area contributed by atoms with E-state index in [4.69, 9.17) is 0 Å². The summed E-state index contributed by atoms with van der Waals surface area (Å²) >= 11 is 0. The fourth-order valence-corrected chi connectivity index (χ4v) is 5.53. The third-order valence-corrected chi connectivity index (χ3v) is 7.35. The second-order valence-electron chi connectivity index (χ2n) is 9.43. The zero-order chi connectivity index (χ0) is 22.8. The van der Waals surface area contributed by atoms with Gasteiger partial charge >= 0.3 is 0 Å². The molecule has 0 N–H and O–H groups in total. The van der Waals surface area contributed by atoms with E-state index in [1.165, 1.54) is 70.3 Å². The van der Waals surface area contributed by atoms with Crippen LogP contribution in [-0.4, -0.2) is 0 Å². The fraction of sp³-hybridized carbons (Fsp3) is 0.0606. The molecule has 0 aliphatic carbocycles. The quantitative estimate of drug-likeness (QED) is 0.211. The Balaban J connectivity index is 1.86. The van der Waals surface area contributed by atoms with E-state index in [0.717, 1.165) is 0 Å². The second kappa shape index (κ2) is 7.13. The molecule has 1 heterocycles. The van der Waals surface area contributed by atoms with E-state index < -0.39 is 0 Å². The molecule has 0 amide bonds. The Morgan fingerprint density at radius 1 is 0.441 bits per heavy atom. The van der Waals surface area contributed by atoms with Crippen LogP contribution < -0.4 is 4.57 Å². The van der Waals surface area contributed by atoms with Gasteiger partial charge in [-0.25, -0.2) is 4.57 Å². The van der Waals surface area contributed by atoms with Crippen LogP contribution in [0.3, 0.4) is 0 Å². The summed E-state index contributed by atoms with van der Waals surface area (Å²) in [5.74, 6) is 0. The van der Waals surface area contributed by atoms with Gasteiger partial charge < -0.3 is 0 Å². The van der Waals surface area contributed by atoms with Gasteiger partial charge in [0, 0.05) is 22.2 Å². The van der Waals surface area contributed by atoms with Crippen molar-refractivity contribution in [2.75, 3.05) is 0 Å². The standard InChI is InChI=1S/C33H24N/c1-21-12-13-26-18-30(21)33-19-32-27(20-34(33)2)9-5-11-28(32)25-8-3-7-23(16-25)24-15-14-22-6-4-10-29(26)31(22)17-24/h3-20H,1-2H3/q+1. The molecule has 1 aromatic heterocycles. The van der Waals surface area contributed by atoms with Gasteiger partial charge in [0.1, 0.15) is 7.05 Å². The Kier molecular flexibility index (Phi) is 4.04. The van der Waals surface area contributed by atoms with Crippen LogP contribution >= 0.6 is 0 Å². The van der Waals surface area contributed by atoms with E-state index in [2.05, 4.69) is 128 Å². The molecular weight excluding hydrogens is 410 g/mol. The molecule has 0 radical (unpaired) electrons. The molecule has 0 spiro atoms. The van der Waals surface area contributed by atoms with Gasteiger partial charge in [0.15, 0.2) is 6.20 Å². The van der Waals surface area contributed by atoms with Crippen LogP contribution in [0.4, 0.5) is 0 Å². The first-order valence-corrected chi connectivity index (χ1v) is 11.8. The van der Waals surface area contributed by atoms with E-state index in [-0.39, 0.29) is 0 Å². The predicted molar refractivity (Wildman–Crippen MR) is 146 cm³/mol. The van der Waals surface area contributed by atoms with Crippen LogP contribution in [0.5, 0.6) is 0 Å². The molecule has 7 aromatic rings. The number of benzene rings is 5. The molecule has 1 nitrogen and oxygen atoms in total. The van der Waals surface area contributed by atoms with Crippen molar-refractivity contribution in [1.29, 1.82) is 0 Å². The van der Waals surface area contributed by atoms with Crippen molar-refractivity contribution in [2.45, 2.75) is 6.92 Å². The van der Waals surface area contributed by atoms with Crippen LogP contribution in [0.2, 0.25) is 0 Å². The van der Waals surface area contributed by atoms with Gasteiger partial charge in [-0.15, -0.1) is 0 Å². The maximum atomic E-state index is 2.37. The van der Waals surface area contributed by atoms with Gasteiger partial charge in [0.2, 0.25) is 5.52 Å². The number of nitrogens with zero attached hydrogens (tertiary/aromatic N) is 1. The maximum absolute atomic E-state index is 2.37. The number of rotatable bonds is 0. The van der Waals surface area contributed by atoms with E-state index in [0.29, 0.717) is 0 Å². The highest BCUT2D eigenvalue weighted by molar-refractivity contribution is 6.12. The topological polar surface area (TPSA) is 3.88 Å². The van der Waals surface area contributed by atoms with Crippen molar-refractivity contribution in [3.63, 3.8) is 0 Å². The van der Waals surface area contributed by atoms with Crippen LogP contribution in [0.1, 0.15) is 5.56 Å². The van der Waals surface area contributed by atoms with Crippen LogP contribution in [0.15, 0.2) is 109 Å². The molecule has 0 atom stereocenters. The zero-order valence-electron chi connectivity index (χ0n) is 19.3. The number of aromatic nitrogens is 1. The number of aryl methyl sites for hydroxylation is 2. The summed E-state index contributed by atoms with van der Waals surface area (Å²) in [6.07, 6.45) is 2.26. The van der Waals surface area contributed by atoms with Crippen molar-refractivity contribution in [2.24, 2.45) is 7.05 Å². The van der Waals surface area contributed by atoms with Crippen molar-refractivity contribution >= 4 is 64.8 Å². The zero-order valence-corrected chi connectivity index (χ0v) is 19.3. The largest absolute Gasteiger partial charge is 0.213 e. The Labute approximate surface area is 198 Å². The lowest BCUT2D eigenvalue weighted by molar-refractivity contribution is -0.643. The van der Waals surface area contributed by atoms with Crippen LogP contribution in [0, 0.1) is 6.92 Å². The smallest absolute Gasteiger partial charge is 0.200 e. The molecule has 1 heteroatoms. The van der Waals surface area contributed by atoms with Gasteiger partial charge in [0.05, 0.1) is 0 Å². The Hall–Kier alpha value is -4.23. The highest BCUT2D eigenvalue weighted by Gasteiger charge is 2.11. The third-order valence-electron chi connectivity index (χ3n) is 7.35. The lowest BCUT2D eigenvalue weighted by Crippen LogP contribution is -2.28. The Morgan fingerprint density at radius 3 is 1.85 bits per heavy atom. The summed E-state index contributed by atoms with van der Waals surface area (Å²) in [6.45, 7) is 2.21. The maximum Gasteiger partial charge on any atom is 0.213 e. The van der Waals surface area contributed by atoms with Gasteiger partial charge in [-0.3, -0.25) is 0 Å². The summed E-state index contributed by atoms with van der Waals surface area (Å²) in [6, 6.07) is 38.4. The minimum atomic E-state index is 1.23. The SMILES string of the molecule is Cc1ccc2cc1c1cc3c(cccc3c3cccc(c3)c3ccc4cccc2c4c3)c[n+]1C. The van der Waals surface area contributed by atoms with Gasteiger partial charge in [-0.1, -0.05) is 72.8 Å². The molecule has 6 aromatic carbocycles. The van der Waals surface area contributed by atoms with E-state index in [1.807, 2.05) is 0 Å².